The molecule has 146 valence electrons. The molecular weight excluding hydrogens is 342 g/mol. The fourth-order valence-corrected chi connectivity index (χ4v) is 3.95. The number of anilines is 1. The second-order valence-electron chi connectivity index (χ2n) is 8.01. The molecule has 1 aromatic rings. The summed E-state index contributed by atoms with van der Waals surface area (Å²) >= 11 is 0. The number of para-hydroxylation sites is 1. The van der Waals surface area contributed by atoms with E-state index in [-0.39, 0.29) is 35.1 Å². The highest BCUT2D eigenvalue weighted by Crippen LogP contribution is 2.33. The van der Waals surface area contributed by atoms with Gasteiger partial charge in [-0.15, -0.1) is 0 Å². The van der Waals surface area contributed by atoms with Gasteiger partial charge in [0.25, 0.3) is 11.8 Å². The summed E-state index contributed by atoms with van der Waals surface area (Å²) in [5, 5.41) is 19.7. The zero-order chi connectivity index (χ0) is 19.7. The number of amides is 2. The lowest BCUT2D eigenvalue weighted by atomic mass is 9.85. The van der Waals surface area contributed by atoms with Gasteiger partial charge in [0.1, 0.15) is 11.3 Å². The van der Waals surface area contributed by atoms with E-state index in [2.05, 4.69) is 43.6 Å². The molecule has 0 spiro atoms. The largest absolute Gasteiger partial charge is 0.511 e. The minimum absolute atomic E-state index is 0.110. The minimum Gasteiger partial charge on any atom is -0.511 e. The van der Waals surface area contributed by atoms with Gasteiger partial charge in [0, 0.05) is 18.3 Å². The van der Waals surface area contributed by atoms with Crippen molar-refractivity contribution in [3.05, 3.63) is 40.7 Å². The fraction of sp³-hybridized carbons (Fsp3) is 0.524. The Balaban J connectivity index is 1.97. The molecule has 0 unspecified atom stereocenters. The van der Waals surface area contributed by atoms with Crippen LogP contribution in [0.2, 0.25) is 0 Å². The molecule has 0 aliphatic carbocycles. The second kappa shape index (κ2) is 7.72. The zero-order valence-corrected chi connectivity index (χ0v) is 16.4. The summed E-state index contributed by atoms with van der Waals surface area (Å²) in [5.41, 5.74) is 2.60. The number of hydrogen-bond donors (Lipinski definition) is 4. The van der Waals surface area contributed by atoms with Gasteiger partial charge < -0.3 is 21.1 Å². The molecule has 2 aliphatic heterocycles. The van der Waals surface area contributed by atoms with Gasteiger partial charge in [0.2, 0.25) is 0 Å². The summed E-state index contributed by atoms with van der Waals surface area (Å²) in [6.45, 7) is 9.60. The number of aliphatic hydroxyl groups is 1. The number of aliphatic hydroxyl groups excluding tert-OH is 1. The highest BCUT2D eigenvalue weighted by Gasteiger charge is 2.40. The molecule has 0 saturated carbocycles. The Labute approximate surface area is 160 Å². The predicted octanol–water partition coefficient (Wildman–Crippen LogP) is 2.79. The first-order valence-corrected chi connectivity index (χ1v) is 9.70. The van der Waals surface area contributed by atoms with E-state index in [0.29, 0.717) is 6.54 Å². The topological polar surface area (TPSA) is 90.5 Å². The van der Waals surface area contributed by atoms with Crippen LogP contribution in [0, 0.1) is 5.92 Å². The summed E-state index contributed by atoms with van der Waals surface area (Å²) < 4.78 is 0. The van der Waals surface area contributed by atoms with Gasteiger partial charge in [-0.05, 0) is 35.9 Å². The van der Waals surface area contributed by atoms with E-state index >= 15 is 0 Å². The van der Waals surface area contributed by atoms with Crippen LogP contribution in [0.1, 0.15) is 57.1 Å². The molecule has 2 amide bonds. The molecule has 1 saturated heterocycles. The summed E-state index contributed by atoms with van der Waals surface area (Å²) in [5.74, 6) is -0.989. The molecule has 2 heterocycles. The van der Waals surface area contributed by atoms with E-state index in [1.807, 2.05) is 18.2 Å². The van der Waals surface area contributed by atoms with Gasteiger partial charge in [-0.2, -0.15) is 0 Å². The monoisotopic (exact) mass is 371 g/mol. The molecule has 1 fully saturated rings. The Hall–Kier alpha value is -2.34. The maximum atomic E-state index is 13.0. The predicted molar refractivity (Wildman–Crippen MR) is 106 cm³/mol. The SMILES string of the molecule is CC(C)c1cccc(C(C)C)c1NC(=O)C1=C(O)[C@@H]2CNCC[C@H]2NC1=O. The molecule has 0 aromatic heterocycles. The van der Waals surface area contributed by atoms with Crippen molar-refractivity contribution in [1.82, 2.24) is 10.6 Å². The molecule has 0 radical (unpaired) electrons. The van der Waals surface area contributed by atoms with E-state index in [1.54, 1.807) is 0 Å². The maximum Gasteiger partial charge on any atom is 0.264 e. The van der Waals surface area contributed by atoms with Crippen LogP contribution in [-0.4, -0.2) is 36.1 Å². The quantitative estimate of drug-likeness (QED) is 0.613. The molecule has 2 aliphatic rings. The third-order valence-electron chi connectivity index (χ3n) is 5.47. The lowest BCUT2D eigenvalue weighted by Gasteiger charge is -2.36. The average molecular weight is 371 g/mol. The van der Waals surface area contributed by atoms with Crippen molar-refractivity contribution in [1.29, 1.82) is 0 Å². The first-order chi connectivity index (χ1) is 12.8. The Morgan fingerprint density at radius 2 is 1.81 bits per heavy atom. The van der Waals surface area contributed by atoms with Crippen molar-refractivity contribution < 1.29 is 14.7 Å². The second-order valence-corrected chi connectivity index (χ2v) is 8.01. The molecule has 6 nitrogen and oxygen atoms in total. The Morgan fingerprint density at radius 1 is 1.19 bits per heavy atom. The summed E-state index contributed by atoms with van der Waals surface area (Å²) in [6.07, 6.45) is 0.739. The highest BCUT2D eigenvalue weighted by atomic mass is 16.3. The summed E-state index contributed by atoms with van der Waals surface area (Å²) in [7, 11) is 0. The lowest BCUT2D eigenvalue weighted by Crippen LogP contribution is -2.55. The number of benzene rings is 1. The van der Waals surface area contributed by atoms with Crippen LogP contribution < -0.4 is 16.0 Å². The van der Waals surface area contributed by atoms with E-state index < -0.39 is 11.8 Å². The number of carbonyl (C=O) groups excluding carboxylic acids is 2. The van der Waals surface area contributed by atoms with Crippen molar-refractivity contribution in [3.8, 4) is 0 Å². The molecule has 3 rings (SSSR count). The lowest BCUT2D eigenvalue weighted by molar-refractivity contribution is -0.123. The molecule has 2 atom stereocenters. The third-order valence-corrected chi connectivity index (χ3v) is 5.47. The van der Waals surface area contributed by atoms with Crippen LogP contribution in [0.3, 0.4) is 0 Å². The van der Waals surface area contributed by atoms with Gasteiger partial charge in [-0.25, -0.2) is 0 Å². The number of rotatable bonds is 4. The van der Waals surface area contributed by atoms with Gasteiger partial charge in [0.15, 0.2) is 0 Å². The third kappa shape index (κ3) is 3.72. The molecule has 6 heteroatoms. The fourth-order valence-electron chi connectivity index (χ4n) is 3.95. The van der Waals surface area contributed by atoms with Crippen molar-refractivity contribution in [2.75, 3.05) is 18.4 Å². The maximum absolute atomic E-state index is 13.0. The van der Waals surface area contributed by atoms with E-state index in [0.717, 1.165) is 29.8 Å². The van der Waals surface area contributed by atoms with Crippen molar-refractivity contribution in [3.63, 3.8) is 0 Å². The first kappa shape index (κ1) is 19.4. The molecule has 0 bridgehead atoms. The molecule has 27 heavy (non-hydrogen) atoms. The smallest absolute Gasteiger partial charge is 0.264 e. The van der Waals surface area contributed by atoms with Crippen LogP contribution in [0.25, 0.3) is 0 Å². The van der Waals surface area contributed by atoms with E-state index in [1.165, 1.54) is 0 Å². The minimum atomic E-state index is -0.552. The van der Waals surface area contributed by atoms with Gasteiger partial charge in [0.05, 0.1) is 5.92 Å². The van der Waals surface area contributed by atoms with Gasteiger partial charge in [-0.1, -0.05) is 45.9 Å². The van der Waals surface area contributed by atoms with E-state index in [9.17, 15) is 14.7 Å². The van der Waals surface area contributed by atoms with Crippen molar-refractivity contribution in [2.45, 2.75) is 52.0 Å². The van der Waals surface area contributed by atoms with Crippen molar-refractivity contribution >= 4 is 17.5 Å². The zero-order valence-electron chi connectivity index (χ0n) is 16.4. The normalized spacial score (nSPS) is 22.7. The molecule has 1 aromatic carbocycles. The number of nitrogens with one attached hydrogen (secondary N) is 3. The number of fused-ring (bicyclic) bond motifs is 1. The van der Waals surface area contributed by atoms with Gasteiger partial charge in [-0.3, -0.25) is 9.59 Å². The average Bonchev–Trinajstić information content (AvgIpc) is 2.61. The first-order valence-electron chi connectivity index (χ1n) is 9.70. The van der Waals surface area contributed by atoms with E-state index in [4.69, 9.17) is 0 Å². The standard InChI is InChI=1S/C21H29N3O3/c1-11(2)13-6-5-7-14(12(3)4)18(13)24-21(27)17-19(25)15-10-22-9-8-16(15)23-20(17)26/h5-7,11-12,15-16,22,25H,8-10H2,1-4H3,(H,23,26)(H,24,27)/t15-,16-/m1/s1. The Bertz CT molecular complexity index is 757. The number of carbonyl (C=O) groups is 2. The van der Waals surface area contributed by atoms with Crippen LogP contribution in [0.5, 0.6) is 0 Å². The van der Waals surface area contributed by atoms with Crippen LogP contribution >= 0.6 is 0 Å². The molecular formula is C21H29N3O3. The van der Waals surface area contributed by atoms with Crippen LogP contribution in [0.4, 0.5) is 5.69 Å². The summed E-state index contributed by atoms with van der Waals surface area (Å²) in [6, 6.07) is 5.84. The van der Waals surface area contributed by atoms with Crippen molar-refractivity contribution in [2.24, 2.45) is 5.92 Å². The number of piperidine rings is 1. The van der Waals surface area contributed by atoms with Gasteiger partial charge >= 0.3 is 0 Å². The highest BCUT2D eigenvalue weighted by molar-refractivity contribution is 6.23. The van der Waals surface area contributed by atoms with Crippen LogP contribution in [0.15, 0.2) is 29.5 Å². The number of hydrogen-bond acceptors (Lipinski definition) is 4. The Morgan fingerprint density at radius 3 is 2.41 bits per heavy atom. The molecule has 4 N–H and O–H groups in total. The Kier molecular flexibility index (Phi) is 5.56. The summed E-state index contributed by atoms with van der Waals surface area (Å²) in [4.78, 5) is 25.5. The van der Waals surface area contributed by atoms with Crippen LogP contribution in [-0.2, 0) is 9.59 Å².